The molecule has 2 nitrogen and oxygen atoms in total. The molecule has 0 saturated carbocycles. The summed E-state index contributed by atoms with van der Waals surface area (Å²) < 4.78 is 0. The van der Waals surface area contributed by atoms with Crippen molar-refractivity contribution in [2.45, 2.75) is 45.6 Å². The summed E-state index contributed by atoms with van der Waals surface area (Å²) in [6.07, 6.45) is 4.57. The molecule has 0 bridgehead atoms. The fraction of sp³-hybridized carbons (Fsp3) is 0.647. The summed E-state index contributed by atoms with van der Waals surface area (Å²) in [6.45, 7) is 7.47. The largest absolute Gasteiger partial charge is 0.393 e. The van der Waals surface area contributed by atoms with Gasteiger partial charge >= 0.3 is 0 Å². The molecule has 19 heavy (non-hydrogen) atoms. The Hall–Kier alpha value is -0.860. The molecule has 0 aromatic heterocycles. The highest BCUT2D eigenvalue weighted by Crippen LogP contribution is 2.22. The molecule has 1 aliphatic rings. The van der Waals surface area contributed by atoms with Crippen LogP contribution in [0.2, 0.25) is 0 Å². The third-order valence-electron chi connectivity index (χ3n) is 4.22. The van der Waals surface area contributed by atoms with E-state index in [1.807, 2.05) is 6.92 Å². The van der Waals surface area contributed by atoms with Crippen molar-refractivity contribution in [1.82, 2.24) is 4.90 Å². The second kappa shape index (κ2) is 7.06. The van der Waals surface area contributed by atoms with Gasteiger partial charge in [-0.15, -0.1) is 0 Å². The molecule has 1 fully saturated rings. The molecule has 1 unspecified atom stereocenters. The highest BCUT2D eigenvalue weighted by molar-refractivity contribution is 5.21. The first-order valence-electron chi connectivity index (χ1n) is 7.59. The number of aryl methyl sites for hydroxylation is 1. The molecule has 106 valence electrons. The summed E-state index contributed by atoms with van der Waals surface area (Å²) in [5.74, 6) is 0.838. The van der Waals surface area contributed by atoms with Crippen molar-refractivity contribution in [2.24, 2.45) is 5.92 Å². The minimum absolute atomic E-state index is 0.162. The Morgan fingerprint density at radius 2 is 1.84 bits per heavy atom. The fourth-order valence-electron chi connectivity index (χ4n) is 2.84. The summed E-state index contributed by atoms with van der Waals surface area (Å²) in [5, 5.41) is 9.33. The zero-order chi connectivity index (χ0) is 13.7. The number of hydrogen-bond donors (Lipinski definition) is 1. The van der Waals surface area contributed by atoms with Gasteiger partial charge in [0.05, 0.1) is 6.10 Å². The van der Waals surface area contributed by atoms with E-state index in [0.29, 0.717) is 0 Å². The normalized spacial score (nSPS) is 19.5. The molecule has 2 rings (SSSR count). The summed E-state index contributed by atoms with van der Waals surface area (Å²) >= 11 is 0. The molecule has 1 saturated heterocycles. The summed E-state index contributed by atoms with van der Waals surface area (Å²) in [5.41, 5.74) is 2.82. The quantitative estimate of drug-likeness (QED) is 0.880. The van der Waals surface area contributed by atoms with Crippen LogP contribution in [0.15, 0.2) is 24.3 Å². The van der Waals surface area contributed by atoms with Gasteiger partial charge < -0.3 is 10.0 Å². The Bertz CT molecular complexity index is 363. The smallest absolute Gasteiger partial charge is 0.0524 e. The molecule has 1 N–H and O–H groups in total. The number of piperidine rings is 1. The van der Waals surface area contributed by atoms with Gasteiger partial charge in [0.1, 0.15) is 0 Å². The van der Waals surface area contributed by atoms with Crippen LogP contribution in [0.4, 0.5) is 0 Å². The van der Waals surface area contributed by atoms with Crippen molar-refractivity contribution in [3.8, 4) is 0 Å². The van der Waals surface area contributed by atoms with Crippen LogP contribution in [-0.2, 0) is 6.42 Å². The molecule has 1 aliphatic heterocycles. The summed E-state index contributed by atoms with van der Waals surface area (Å²) in [7, 11) is 0. The van der Waals surface area contributed by atoms with Crippen molar-refractivity contribution in [2.75, 3.05) is 19.6 Å². The maximum absolute atomic E-state index is 9.33. The molecule has 1 atom stereocenters. The Kier molecular flexibility index (Phi) is 5.41. The van der Waals surface area contributed by atoms with E-state index in [4.69, 9.17) is 0 Å². The Morgan fingerprint density at radius 1 is 1.21 bits per heavy atom. The van der Waals surface area contributed by atoms with E-state index in [2.05, 4.69) is 36.1 Å². The molecule has 0 radical (unpaired) electrons. The summed E-state index contributed by atoms with van der Waals surface area (Å²) in [6, 6.07) is 8.98. The van der Waals surface area contributed by atoms with Crippen molar-refractivity contribution in [3.63, 3.8) is 0 Å². The van der Waals surface area contributed by atoms with Gasteiger partial charge in [0, 0.05) is 6.54 Å². The number of rotatable bonds is 5. The van der Waals surface area contributed by atoms with E-state index in [0.717, 1.165) is 18.9 Å². The van der Waals surface area contributed by atoms with Crippen molar-refractivity contribution >= 4 is 0 Å². The maximum Gasteiger partial charge on any atom is 0.0524 e. The predicted molar refractivity (Wildman–Crippen MR) is 80.3 cm³/mol. The van der Waals surface area contributed by atoms with Crippen molar-refractivity contribution in [1.29, 1.82) is 0 Å². The number of aliphatic hydroxyl groups is 1. The van der Waals surface area contributed by atoms with Crippen molar-refractivity contribution < 1.29 is 5.11 Å². The molecular weight excluding hydrogens is 234 g/mol. The first kappa shape index (κ1) is 14.5. The van der Waals surface area contributed by atoms with Crippen LogP contribution in [0.1, 0.15) is 37.3 Å². The maximum atomic E-state index is 9.33. The minimum atomic E-state index is -0.162. The van der Waals surface area contributed by atoms with E-state index in [-0.39, 0.29) is 6.10 Å². The van der Waals surface area contributed by atoms with Crippen LogP contribution in [0.25, 0.3) is 0 Å². The topological polar surface area (TPSA) is 23.5 Å². The zero-order valence-corrected chi connectivity index (χ0v) is 12.3. The molecule has 1 heterocycles. The third-order valence-corrected chi connectivity index (χ3v) is 4.22. The number of benzene rings is 1. The SMILES string of the molecule is Cc1ccc(CC2CCN(CCC(C)O)CC2)cc1. The van der Waals surface area contributed by atoms with Gasteiger partial charge in [0.15, 0.2) is 0 Å². The summed E-state index contributed by atoms with van der Waals surface area (Å²) in [4.78, 5) is 2.50. The Balaban J connectivity index is 1.72. The molecule has 0 amide bonds. The highest BCUT2D eigenvalue weighted by atomic mass is 16.3. The van der Waals surface area contributed by atoms with Gasteiger partial charge in [-0.25, -0.2) is 0 Å². The standard InChI is InChI=1S/C17H27NO/c1-14-3-5-16(6-4-14)13-17-8-11-18(12-9-17)10-7-15(2)19/h3-6,15,17,19H,7-13H2,1-2H3. The lowest BCUT2D eigenvalue weighted by atomic mass is 9.90. The second-order valence-corrected chi connectivity index (χ2v) is 6.11. The molecule has 1 aromatic rings. The number of nitrogens with zero attached hydrogens (tertiary/aromatic N) is 1. The fourth-order valence-corrected chi connectivity index (χ4v) is 2.84. The predicted octanol–water partition coefficient (Wildman–Crippen LogP) is 3.02. The van der Waals surface area contributed by atoms with Gasteiger partial charge in [-0.1, -0.05) is 29.8 Å². The molecule has 2 heteroatoms. The molecule has 0 spiro atoms. The lowest BCUT2D eigenvalue weighted by Gasteiger charge is -2.32. The van der Waals surface area contributed by atoms with E-state index in [9.17, 15) is 5.11 Å². The van der Waals surface area contributed by atoms with E-state index >= 15 is 0 Å². The van der Waals surface area contributed by atoms with E-state index < -0.39 is 0 Å². The van der Waals surface area contributed by atoms with Crippen LogP contribution in [0.5, 0.6) is 0 Å². The Morgan fingerprint density at radius 3 is 2.42 bits per heavy atom. The van der Waals surface area contributed by atoms with Gasteiger partial charge in [0.2, 0.25) is 0 Å². The van der Waals surface area contributed by atoms with Crippen LogP contribution < -0.4 is 0 Å². The van der Waals surface area contributed by atoms with Gasteiger partial charge in [-0.05, 0) is 64.1 Å². The lowest BCUT2D eigenvalue weighted by molar-refractivity contribution is 0.133. The van der Waals surface area contributed by atoms with Crippen LogP contribution >= 0.6 is 0 Å². The molecule has 0 aliphatic carbocycles. The Labute approximate surface area is 117 Å². The van der Waals surface area contributed by atoms with Gasteiger partial charge in [-0.3, -0.25) is 0 Å². The monoisotopic (exact) mass is 261 g/mol. The van der Waals surface area contributed by atoms with E-state index in [1.165, 1.54) is 43.5 Å². The minimum Gasteiger partial charge on any atom is -0.393 e. The lowest BCUT2D eigenvalue weighted by Crippen LogP contribution is -2.35. The average molecular weight is 261 g/mol. The first-order chi connectivity index (χ1) is 9.13. The number of aliphatic hydroxyl groups excluding tert-OH is 1. The first-order valence-corrected chi connectivity index (χ1v) is 7.59. The van der Waals surface area contributed by atoms with Gasteiger partial charge in [0.25, 0.3) is 0 Å². The highest BCUT2D eigenvalue weighted by Gasteiger charge is 2.19. The molecule has 1 aromatic carbocycles. The number of hydrogen-bond acceptors (Lipinski definition) is 2. The van der Waals surface area contributed by atoms with Crippen LogP contribution in [-0.4, -0.2) is 35.7 Å². The average Bonchev–Trinajstić information content (AvgIpc) is 2.40. The third kappa shape index (κ3) is 4.96. The van der Waals surface area contributed by atoms with E-state index in [1.54, 1.807) is 0 Å². The molecular formula is C17H27NO. The van der Waals surface area contributed by atoms with Crippen LogP contribution in [0.3, 0.4) is 0 Å². The van der Waals surface area contributed by atoms with Gasteiger partial charge in [-0.2, -0.15) is 0 Å². The zero-order valence-electron chi connectivity index (χ0n) is 12.3. The second-order valence-electron chi connectivity index (χ2n) is 6.11. The van der Waals surface area contributed by atoms with Crippen molar-refractivity contribution in [3.05, 3.63) is 35.4 Å². The van der Waals surface area contributed by atoms with Crippen LogP contribution in [0, 0.1) is 12.8 Å². The number of likely N-dealkylation sites (tertiary alicyclic amines) is 1.